The van der Waals surface area contributed by atoms with E-state index in [9.17, 15) is 5.11 Å². The first-order valence-electron chi connectivity index (χ1n) is 5.90. The minimum atomic E-state index is -0.558. The van der Waals surface area contributed by atoms with E-state index in [1.165, 1.54) is 6.33 Å². The predicted octanol–water partition coefficient (Wildman–Crippen LogP) is 1.83. The number of hydrogen-bond donors (Lipinski definition) is 2. The monoisotopic (exact) mass is 221 g/mol. The molecular formula is C12H19N3O. The van der Waals surface area contributed by atoms with Gasteiger partial charge in [-0.2, -0.15) is 0 Å². The van der Waals surface area contributed by atoms with Crippen molar-refractivity contribution in [1.29, 1.82) is 0 Å². The van der Waals surface area contributed by atoms with Crippen molar-refractivity contribution in [2.75, 3.05) is 11.9 Å². The first kappa shape index (κ1) is 11.3. The molecule has 0 unspecified atom stereocenters. The smallest absolute Gasteiger partial charge is 0.129 e. The van der Waals surface area contributed by atoms with Crippen LogP contribution in [0.3, 0.4) is 0 Å². The van der Waals surface area contributed by atoms with Gasteiger partial charge in [-0.1, -0.05) is 6.92 Å². The Morgan fingerprint density at radius 2 is 2.25 bits per heavy atom. The van der Waals surface area contributed by atoms with Crippen LogP contribution in [-0.4, -0.2) is 27.2 Å². The van der Waals surface area contributed by atoms with Crippen molar-refractivity contribution in [3.05, 3.63) is 18.6 Å². The normalized spacial score (nSPS) is 30.0. The molecule has 16 heavy (non-hydrogen) atoms. The number of rotatable bonds is 3. The summed E-state index contributed by atoms with van der Waals surface area (Å²) < 4.78 is 0. The van der Waals surface area contributed by atoms with Crippen LogP contribution in [0.5, 0.6) is 0 Å². The summed E-state index contributed by atoms with van der Waals surface area (Å²) in [6.07, 6.45) is 7.19. The van der Waals surface area contributed by atoms with Crippen molar-refractivity contribution in [2.24, 2.45) is 5.92 Å². The van der Waals surface area contributed by atoms with Crippen molar-refractivity contribution < 1.29 is 5.11 Å². The summed E-state index contributed by atoms with van der Waals surface area (Å²) in [5, 5.41) is 13.5. The zero-order chi connectivity index (χ0) is 11.4. The highest BCUT2D eigenvalue weighted by molar-refractivity contribution is 5.32. The van der Waals surface area contributed by atoms with E-state index in [-0.39, 0.29) is 0 Å². The molecule has 0 amide bonds. The first-order chi connectivity index (χ1) is 7.68. The molecule has 0 aromatic carbocycles. The molecular weight excluding hydrogens is 202 g/mol. The lowest BCUT2D eigenvalue weighted by molar-refractivity contribution is 0.00494. The standard InChI is InChI=1S/C12H19N3O/c1-10-2-5-12(16,6-3-10)8-14-11-4-7-13-9-15-11/h4,7,9-10,16H,2-3,5-6,8H2,1H3,(H,13,14,15). The molecule has 2 N–H and O–H groups in total. The molecule has 4 nitrogen and oxygen atoms in total. The first-order valence-corrected chi connectivity index (χ1v) is 5.90. The molecule has 1 aliphatic carbocycles. The molecule has 88 valence electrons. The zero-order valence-corrected chi connectivity index (χ0v) is 9.69. The van der Waals surface area contributed by atoms with Gasteiger partial charge in [-0.05, 0) is 37.7 Å². The van der Waals surface area contributed by atoms with Crippen LogP contribution >= 0.6 is 0 Å². The van der Waals surface area contributed by atoms with Gasteiger partial charge in [0.2, 0.25) is 0 Å². The second-order valence-electron chi connectivity index (χ2n) is 4.86. The summed E-state index contributed by atoms with van der Waals surface area (Å²) in [7, 11) is 0. The van der Waals surface area contributed by atoms with E-state index in [0.717, 1.165) is 37.4 Å². The summed E-state index contributed by atoms with van der Waals surface area (Å²) >= 11 is 0. The second kappa shape index (κ2) is 4.78. The maximum atomic E-state index is 10.3. The molecule has 0 atom stereocenters. The van der Waals surface area contributed by atoms with Crippen molar-refractivity contribution in [1.82, 2.24) is 9.97 Å². The zero-order valence-electron chi connectivity index (χ0n) is 9.69. The third kappa shape index (κ3) is 2.92. The molecule has 2 rings (SSSR count). The molecule has 1 aromatic heterocycles. The Hall–Kier alpha value is -1.16. The Kier molecular flexibility index (Phi) is 3.39. The molecule has 0 saturated heterocycles. The van der Waals surface area contributed by atoms with Gasteiger partial charge >= 0.3 is 0 Å². The summed E-state index contributed by atoms with van der Waals surface area (Å²) in [4.78, 5) is 7.93. The third-order valence-corrected chi connectivity index (χ3v) is 3.39. The van der Waals surface area contributed by atoms with Gasteiger partial charge in [0.15, 0.2) is 0 Å². The summed E-state index contributed by atoms with van der Waals surface area (Å²) in [6, 6.07) is 1.81. The Morgan fingerprint density at radius 3 is 2.88 bits per heavy atom. The van der Waals surface area contributed by atoms with Gasteiger partial charge < -0.3 is 10.4 Å². The van der Waals surface area contributed by atoms with Crippen molar-refractivity contribution in [3.63, 3.8) is 0 Å². The Labute approximate surface area is 96.1 Å². The topological polar surface area (TPSA) is 58.0 Å². The Bertz CT molecular complexity index is 320. The minimum absolute atomic E-state index is 0.558. The van der Waals surface area contributed by atoms with Gasteiger partial charge in [0, 0.05) is 12.7 Å². The molecule has 0 aliphatic heterocycles. The SMILES string of the molecule is CC1CCC(O)(CNc2ccncn2)CC1. The Balaban J connectivity index is 1.85. The molecule has 4 heteroatoms. The van der Waals surface area contributed by atoms with Crippen LogP contribution in [0.25, 0.3) is 0 Å². The van der Waals surface area contributed by atoms with E-state index in [0.29, 0.717) is 6.54 Å². The summed E-state index contributed by atoms with van der Waals surface area (Å²) in [6.45, 7) is 2.83. The lowest BCUT2D eigenvalue weighted by atomic mass is 9.79. The van der Waals surface area contributed by atoms with Crippen molar-refractivity contribution in [3.8, 4) is 0 Å². The lowest BCUT2D eigenvalue weighted by Gasteiger charge is -2.35. The molecule has 1 saturated carbocycles. The van der Waals surface area contributed by atoms with E-state index >= 15 is 0 Å². The van der Waals surface area contributed by atoms with Crippen LogP contribution < -0.4 is 5.32 Å². The van der Waals surface area contributed by atoms with Crippen LogP contribution in [0.1, 0.15) is 32.6 Å². The van der Waals surface area contributed by atoms with Crippen LogP contribution in [-0.2, 0) is 0 Å². The van der Waals surface area contributed by atoms with Crippen LogP contribution in [0, 0.1) is 5.92 Å². The predicted molar refractivity (Wildman–Crippen MR) is 63.1 cm³/mol. The second-order valence-corrected chi connectivity index (χ2v) is 4.86. The van der Waals surface area contributed by atoms with Gasteiger partial charge in [-0.25, -0.2) is 9.97 Å². The number of anilines is 1. The maximum absolute atomic E-state index is 10.3. The lowest BCUT2D eigenvalue weighted by Crippen LogP contribution is -2.40. The summed E-state index contributed by atoms with van der Waals surface area (Å²) in [5.74, 6) is 1.53. The highest BCUT2D eigenvalue weighted by Crippen LogP contribution is 2.31. The highest BCUT2D eigenvalue weighted by atomic mass is 16.3. The molecule has 1 aromatic rings. The average molecular weight is 221 g/mol. The Morgan fingerprint density at radius 1 is 1.50 bits per heavy atom. The summed E-state index contributed by atoms with van der Waals surface area (Å²) in [5.41, 5.74) is -0.558. The van der Waals surface area contributed by atoms with Crippen LogP contribution in [0.15, 0.2) is 18.6 Å². The molecule has 1 heterocycles. The van der Waals surface area contributed by atoms with Crippen molar-refractivity contribution in [2.45, 2.75) is 38.2 Å². The minimum Gasteiger partial charge on any atom is -0.388 e. The van der Waals surface area contributed by atoms with Crippen LogP contribution in [0.4, 0.5) is 5.82 Å². The van der Waals surface area contributed by atoms with Gasteiger partial charge in [0.05, 0.1) is 5.60 Å². The fourth-order valence-electron chi connectivity index (χ4n) is 2.13. The molecule has 1 aliphatic rings. The third-order valence-electron chi connectivity index (χ3n) is 3.39. The fraction of sp³-hybridized carbons (Fsp3) is 0.667. The van der Waals surface area contributed by atoms with E-state index < -0.39 is 5.60 Å². The molecule has 0 radical (unpaired) electrons. The number of nitrogens with zero attached hydrogens (tertiary/aromatic N) is 2. The van der Waals surface area contributed by atoms with E-state index in [1.54, 1.807) is 6.20 Å². The van der Waals surface area contributed by atoms with Crippen molar-refractivity contribution >= 4 is 5.82 Å². The highest BCUT2D eigenvalue weighted by Gasteiger charge is 2.31. The molecule has 1 fully saturated rings. The molecule has 0 bridgehead atoms. The van der Waals surface area contributed by atoms with Gasteiger partial charge in [0.25, 0.3) is 0 Å². The van der Waals surface area contributed by atoms with Gasteiger partial charge in [0.1, 0.15) is 12.1 Å². The number of hydrogen-bond acceptors (Lipinski definition) is 4. The number of nitrogens with one attached hydrogen (secondary N) is 1. The quantitative estimate of drug-likeness (QED) is 0.817. The van der Waals surface area contributed by atoms with E-state index in [4.69, 9.17) is 0 Å². The fourth-order valence-corrected chi connectivity index (χ4v) is 2.13. The number of aromatic nitrogens is 2. The van der Waals surface area contributed by atoms with Gasteiger partial charge in [-0.15, -0.1) is 0 Å². The van der Waals surface area contributed by atoms with Gasteiger partial charge in [-0.3, -0.25) is 0 Å². The van der Waals surface area contributed by atoms with E-state index in [2.05, 4.69) is 22.2 Å². The van der Waals surface area contributed by atoms with E-state index in [1.807, 2.05) is 6.07 Å². The average Bonchev–Trinajstić information content (AvgIpc) is 2.33. The molecule has 0 spiro atoms. The van der Waals surface area contributed by atoms with Crippen LogP contribution in [0.2, 0.25) is 0 Å². The number of aliphatic hydroxyl groups is 1. The largest absolute Gasteiger partial charge is 0.388 e. The maximum Gasteiger partial charge on any atom is 0.129 e.